The molecule has 0 spiro atoms. The van der Waals surface area contributed by atoms with Crippen LogP contribution in [0.1, 0.15) is 71.6 Å². The zero-order chi connectivity index (χ0) is 15.4. The summed E-state index contributed by atoms with van der Waals surface area (Å²) in [6.07, 6.45) is 17.8. The minimum absolute atomic E-state index is 0.407. The minimum Gasteiger partial charge on any atom is -0.0929 e. The first kappa shape index (κ1) is 15.3. The van der Waals surface area contributed by atoms with Crippen molar-refractivity contribution < 1.29 is 0 Å². The van der Waals surface area contributed by atoms with Gasteiger partial charge in [-0.3, -0.25) is 0 Å². The number of halogens is 1. The molecular weight excluding hydrogens is 288 g/mol. The first-order valence-electron chi connectivity index (χ1n) is 9.57. The molecule has 0 aromatic carbocycles. The zero-order valence-electron chi connectivity index (χ0n) is 14.3. The van der Waals surface area contributed by atoms with E-state index in [4.69, 9.17) is 11.6 Å². The Morgan fingerprint density at radius 2 is 1.91 bits per heavy atom. The summed E-state index contributed by atoms with van der Waals surface area (Å²) in [7, 11) is 0. The van der Waals surface area contributed by atoms with Crippen molar-refractivity contribution in [3.05, 3.63) is 23.3 Å². The van der Waals surface area contributed by atoms with Gasteiger partial charge in [0.05, 0.1) is 0 Å². The van der Waals surface area contributed by atoms with Crippen molar-refractivity contribution in [3.63, 3.8) is 0 Å². The first-order valence-corrected chi connectivity index (χ1v) is 10.0. The maximum Gasteiger partial charge on any atom is 0.00452 e. The average molecular weight is 319 g/mol. The van der Waals surface area contributed by atoms with Crippen LogP contribution < -0.4 is 0 Å². The number of hydrogen-bond acceptors (Lipinski definition) is 0. The molecule has 1 heteroatoms. The Morgan fingerprint density at radius 1 is 1.05 bits per heavy atom. The van der Waals surface area contributed by atoms with Crippen molar-refractivity contribution in [2.24, 2.45) is 34.5 Å². The SMILES string of the molecule is C[C@]12CCCCC1CC[C@@H]1[C@@H]2CC[C@]2(C)C(C=CCl)=CC[C@@H]12. The van der Waals surface area contributed by atoms with Gasteiger partial charge in [-0.05, 0) is 91.1 Å². The van der Waals surface area contributed by atoms with Gasteiger partial charge in [-0.1, -0.05) is 44.4 Å². The van der Waals surface area contributed by atoms with Crippen molar-refractivity contribution in [2.75, 3.05) is 0 Å². The maximum atomic E-state index is 5.90. The van der Waals surface area contributed by atoms with Crippen LogP contribution in [0.25, 0.3) is 0 Å². The molecule has 0 amide bonds. The molecule has 3 fully saturated rings. The highest BCUT2D eigenvalue weighted by atomic mass is 35.5. The van der Waals surface area contributed by atoms with E-state index in [1.165, 1.54) is 63.4 Å². The molecule has 3 saturated carbocycles. The smallest absolute Gasteiger partial charge is 0.00452 e. The molecule has 4 aliphatic rings. The number of hydrogen-bond donors (Lipinski definition) is 0. The fraction of sp³-hybridized carbons (Fsp3) is 0.810. The van der Waals surface area contributed by atoms with Crippen molar-refractivity contribution >= 4 is 11.6 Å². The molecule has 4 aliphatic carbocycles. The molecule has 0 N–H and O–H groups in total. The Morgan fingerprint density at radius 3 is 2.73 bits per heavy atom. The normalized spacial score (nSPS) is 51.1. The number of rotatable bonds is 1. The summed E-state index contributed by atoms with van der Waals surface area (Å²) >= 11 is 5.90. The summed E-state index contributed by atoms with van der Waals surface area (Å²) < 4.78 is 0. The van der Waals surface area contributed by atoms with E-state index in [2.05, 4.69) is 26.0 Å². The molecule has 6 atom stereocenters. The predicted octanol–water partition coefficient (Wildman–Crippen LogP) is 6.71. The van der Waals surface area contributed by atoms with E-state index in [0.29, 0.717) is 10.8 Å². The third-order valence-corrected chi connectivity index (χ3v) is 8.59. The Hall–Kier alpha value is -0.230. The fourth-order valence-electron chi connectivity index (χ4n) is 7.22. The Balaban J connectivity index is 1.63. The van der Waals surface area contributed by atoms with Gasteiger partial charge < -0.3 is 0 Å². The molecule has 0 aromatic rings. The highest BCUT2D eigenvalue weighted by Crippen LogP contribution is 2.66. The lowest BCUT2D eigenvalue weighted by Crippen LogP contribution is -2.52. The van der Waals surface area contributed by atoms with E-state index in [1.54, 1.807) is 5.54 Å². The lowest BCUT2D eigenvalue weighted by Gasteiger charge is -2.60. The van der Waals surface area contributed by atoms with Crippen molar-refractivity contribution in [1.82, 2.24) is 0 Å². The van der Waals surface area contributed by atoms with Crippen LogP contribution >= 0.6 is 11.6 Å². The van der Waals surface area contributed by atoms with E-state index >= 15 is 0 Å². The minimum atomic E-state index is 0.407. The van der Waals surface area contributed by atoms with E-state index in [0.717, 1.165) is 23.7 Å². The molecular formula is C21H31Cl. The summed E-state index contributed by atoms with van der Waals surface area (Å²) in [5.41, 5.74) is 4.32. The first-order chi connectivity index (χ1) is 10.6. The van der Waals surface area contributed by atoms with Gasteiger partial charge in [-0.2, -0.15) is 0 Å². The van der Waals surface area contributed by atoms with Crippen LogP contribution in [0.4, 0.5) is 0 Å². The van der Waals surface area contributed by atoms with Crippen LogP contribution in [0.3, 0.4) is 0 Å². The molecule has 0 aromatic heterocycles. The topological polar surface area (TPSA) is 0 Å². The van der Waals surface area contributed by atoms with E-state index in [9.17, 15) is 0 Å². The number of allylic oxidation sites excluding steroid dienone is 3. The van der Waals surface area contributed by atoms with Crippen molar-refractivity contribution in [2.45, 2.75) is 71.6 Å². The highest BCUT2D eigenvalue weighted by molar-refractivity contribution is 6.25. The van der Waals surface area contributed by atoms with Crippen LogP contribution in [-0.2, 0) is 0 Å². The monoisotopic (exact) mass is 318 g/mol. The van der Waals surface area contributed by atoms with Gasteiger partial charge in [0.15, 0.2) is 0 Å². The largest absolute Gasteiger partial charge is 0.0929 e. The van der Waals surface area contributed by atoms with Gasteiger partial charge in [0.1, 0.15) is 0 Å². The van der Waals surface area contributed by atoms with Crippen LogP contribution in [0.2, 0.25) is 0 Å². The highest BCUT2D eigenvalue weighted by Gasteiger charge is 2.57. The molecule has 0 saturated heterocycles. The van der Waals surface area contributed by atoms with Crippen molar-refractivity contribution in [1.29, 1.82) is 0 Å². The van der Waals surface area contributed by atoms with Gasteiger partial charge in [-0.15, -0.1) is 0 Å². The van der Waals surface area contributed by atoms with Gasteiger partial charge in [0, 0.05) is 5.54 Å². The molecule has 4 rings (SSSR count). The summed E-state index contributed by atoms with van der Waals surface area (Å²) in [6.45, 7) is 5.19. The van der Waals surface area contributed by atoms with Crippen LogP contribution in [-0.4, -0.2) is 0 Å². The standard InChI is InChI=1S/C21H31Cl/c1-20-12-4-3-5-15(20)6-8-17-18-9-7-16(11-14-22)21(18,2)13-10-19(17)20/h7,11,14-15,17-19H,3-6,8-10,12-13H2,1-2H3/t15?,17-,18-,19-,20-,21+/m0/s1. The van der Waals surface area contributed by atoms with Gasteiger partial charge in [-0.25, -0.2) is 0 Å². The third kappa shape index (κ3) is 2.02. The molecule has 0 bridgehead atoms. The van der Waals surface area contributed by atoms with Crippen LogP contribution in [0.15, 0.2) is 23.3 Å². The van der Waals surface area contributed by atoms with E-state index in [1.807, 2.05) is 0 Å². The average Bonchev–Trinajstić information content (AvgIpc) is 2.84. The van der Waals surface area contributed by atoms with Gasteiger partial charge in [0.2, 0.25) is 0 Å². The molecule has 0 radical (unpaired) electrons. The lowest BCUT2D eigenvalue weighted by atomic mass is 9.45. The van der Waals surface area contributed by atoms with E-state index < -0.39 is 0 Å². The Kier molecular flexibility index (Phi) is 3.76. The molecule has 0 nitrogen and oxygen atoms in total. The molecule has 22 heavy (non-hydrogen) atoms. The second-order valence-corrected chi connectivity index (χ2v) is 9.30. The summed E-state index contributed by atoms with van der Waals surface area (Å²) in [5.74, 6) is 3.88. The predicted molar refractivity (Wildman–Crippen MR) is 94.8 cm³/mol. The second kappa shape index (κ2) is 5.40. The summed E-state index contributed by atoms with van der Waals surface area (Å²) in [6, 6.07) is 0. The second-order valence-electron chi connectivity index (χ2n) is 9.05. The van der Waals surface area contributed by atoms with Crippen LogP contribution in [0, 0.1) is 34.5 Å². The van der Waals surface area contributed by atoms with E-state index in [-0.39, 0.29) is 0 Å². The maximum absolute atomic E-state index is 5.90. The Bertz CT molecular complexity index is 504. The lowest BCUT2D eigenvalue weighted by molar-refractivity contribution is -0.0982. The number of fused-ring (bicyclic) bond motifs is 5. The zero-order valence-corrected chi connectivity index (χ0v) is 15.0. The van der Waals surface area contributed by atoms with Crippen LogP contribution in [0.5, 0.6) is 0 Å². The molecule has 122 valence electrons. The fourth-order valence-corrected chi connectivity index (χ4v) is 7.36. The third-order valence-electron chi connectivity index (χ3n) is 8.47. The molecule has 1 unspecified atom stereocenters. The molecule has 0 heterocycles. The quantitative estimate of drug-likeness (QED) is 0.504. The molecule has 0 aliphatic heterocycles. The van der Waals surface area contributed by atoms with Gasteiger partial charge in [0.25, 0.3) is 0 Å². The van der Waals surface area contributed by atoms with Crippen molar-refractivity contribution in [3.8, 4) is 0 Å². The van der Waals surface area contributed by atoms with Gasteiger partial charge >= 0.3 is 0 Å². The Labute approximate surface area is 141 Å². The summed E-state index contributed by atoms with van der Waals surface area (Å²) in [5, 5.41) is 0. The summed E-state index contributed by atoms with van der Waals surface area (Å²) in [4.78, 5) is 0.